The molecular formula is C48H75NOS3. The van der Waals surface area contributed by atoms with E-state index in [9.17, 15) is 0 Å². The molecule has 296 valence electrons. The van der Waals surface area contributed by atoms with Gasteiger partial charge in [0.2, 0.25) is 0 Å². The lowest BCUT2D eigenvalue weighted by atomic mass is 9.62. The Morgan fingerprint density at radius 1 is 0.358 bits per heavy atom. The summed E-state index contributed by atoms with van der Waals surface area (Å²) in [6.07, 6.45) is 42.3. The summed E-state index contributed by atoms with van der Waals surface area (Å²) < 4.78 is 7.37. The fourth-order valence-corrected chi connectivity index (χ4v) is 25.0. The Kier molecular flexibility index (Phi) is 10.1. The molecule has 0 aromatic carbocycles. The maximum absolute atomic E-state index is 7.37. The Labute approximate surface area is 337 Å². The van der Waals surface area contributed by atoms with Crippen molar-refractivity contribution in [2.45, 2.75) is 235 Å². The van der Waals surface area contributed by atoms with E-state index in [-0.39, 0.29) is 0 Å². The van der Waals surface area contributed by atoms with Gasteiger partial charge in [0.15, 0.2) is 0 Å². The van der Waals surface area contributed by atoms with Crippen molar-refractivity contribution in [3.05, 3.63) is 0 Å². The van der Waals surface area contributed by atoms with Crippen molar-refractivity contribution in [2.24, 2.45) is 59.2 Å². The first kappa shape index (κ1) is 35.9. The highest BCUT2D eigenvalue weighted by atomic mass is 32.2. The molecule has 8 saturated carbocycles. The van der Waals surface area contributed by atoms with E-state index in [2.05, 4.69) is 40.2 Å². The maximum Gasteiger partial charge on any atom is 0.0766 e. The molecular weight excluding hydrogens is 703 g/mol. The van der Waals surface area contributed by atoms with Gasteiger partial charge in [0.25, 0.3) is 0 Å². The molecule has 0 aromatic rings. The van der Waals surface area contributed by atoms with Crippen LogP contribution in [0.15, 0.2) is 0 Å². The molecule has 0 N–H and O–H groups in total. The maximum atomic E-state index is 7.37. The number of hydrogen-bond acceptors (Lipinski definition) is 5. The van der Waals surface area contributed by atoms with Gasteiger partial charge in [-0.15, -0.1) is 0 Å². The Morgan fingerprint density at radius 3 is 1.83 bits per heavy atom. The molecule has 12 fully saturated rings. The van der Waals surface area contributed by atoms with Crippen LogP contribution in [0, 0.1) is 59.2 Å². The van der Waals surface area contributed by atoms with Gasteiger partial charge in [-0.3, -0.25) is 4.90 Å². The third kappa shape index (κ3) is 6.04. The molecule has 12 aliphatic rings. The largest absolute Gasteiger partial charge is 0.373 e. The third-order valence-corrected chi connectivity index (χ3v) is 25.6. The van der Waals surface area contributed by atoms with Gasteiger partial charge in [-0.2, -0.15) is 35.3 Å². The van der Waals surface area contributed by atoms with Crippen LogP contribution in [0.1, 0.15) is 173 Å². The summed E-state index contributed by atoms with van der Waals surface area (Å²) in [6, 6.07) is 2.40. The van der Waals surface area contributed by atoms with Gasteiger partial charge in [0, 0.05) is 49.6 Å². The van der Waals surface area contributed by atoms with E-state index in [1.165, 1.54) is 96.3 Å². The quantitative estimate of drug-likeness (QED) is 0.281. The van der Waals surface area contributed by atoms with Gasteiger partial charge >= 0.3 is 0 Å². The van der Waals surface area contributed by atoms with Gasteiger partial charge in [0.05, 0.1) is 12.2 Å². The molecule has 12 rings (SSSR count). The number of hydrogen-bond donors (Lipinski definition) is 0. The van der Waals surface area contributed by atoms with E-state index in [0.717, 1.165) is 109 Å². The number of nitrogens with zero attached hydrogens (tertiary/aromatic N) is 1. The van der Waals surface area contributed by atoms with E-state index in [1.54, 1.807) is 77.0 Å². The second-order valence-corrected chi connectivity index (χ2v) is 26.1. The van der Waals surface area contributed by atoms with Crippen LogP contribution in [0.4, 0.5) is 0 Å². The first-order chi connectivity index (χ1) is 26.3. The summed E-state index contributed by atoms with van der Waals surface area (Å²) in [7, 11) is 0. The summed E-state index contributed by atoms with van der Waals surface area (Å²) in [5, 5.41) is 6.06. The SMILES string of the molecule is C1CCC2C(C1)OC1C2CCCC1N(C1CCC(C2CCCC3C4CCC5SC6CCCCC6C5C4SC23)CC1)C1CCCC2C3CCCCC3SC21. The Morgan fingerprint density at radius 2 is 0.981 bits per heavy atom. The smallest absolute Gasteiger partial charge is 0.0766 e. The molecule has 4 saturated heterocycles. The second kappa shape index (κ2) is 14.9. The predicted molar refractivity (Wildman–Crippen MR) is 227 cm³/mol. The Balaban J connectivity index is 0.792. The molecule has 19 atom stereocenters. The lowest BCUT2D eigenvalue weighted by Crippen LogP contribution is -2.61. The summed E-state index contributed by atoms with van der Waals surface area (Å²) >= 11 is 7.73. The lowest BCUT2D eigenvalue weighted by molar-refractivity contribution is -0.0848. The monoisotopic (exact) mass is 778 g/mol. The number of rotatable bonds is 4. The van der Waals surface area contributed by atoms with Gasteiger partial charge in [0.1, 0.15) is 0 Å². The molecule has 2 nitrogen and oxygen atoms in total. The van der Waals surface area contributed by atoms with E-state index in [4.69, 9.17) is 4.74 Å². The van der Waals surface area contributed by atoms with Crippen LogP contribution in [0.25, 0.3) is 0 Å². The average molecular weight is 778 g/mol. The highest BCUT2D eigenvalue weighted by Crippen LogP contribution is 2.66. The van der Waals surface area contributed by atoms with Gasteiger partial charge in [-0.05, 0) is 175 Å². The molecule has 5 heteroatoms. The van der Waals surface area contributed by atoms with Crippen molar-refractivity contribution >= 4 is 35.3 Å². The molecule has 8 aliphatic carbocycles. The van der Waals surface area contributed by atoms with Crippen molar-refractivity contribution in [2.75, 3.05) is 0 Å². The minimum Gasteiger partial charge on any atom is -0.373 e. The topological polar surface area (TPSA) is 12.5 Å². The third-order valence-electron chi connectivity index (χ3n) is 19.9. The fourth-order valence-electron chi connectivity index (χ4n) is 18.0. The van der Waals surface area contributed by atoms with Crippen LogP contribution < -0.4 is 0 Å². The first-order valence-electron chi connectivity index (χ1n) is 24.7. The normalized spacial score (nSPS) is 57.3. The van der Waals surface area contributed by atoms with E-state index in [0.29, 0.717) is 12.2 Å². The van der Waals surface area contributed by atoms with Crippen LogP contribution in [0.5, 0.6) is 0 Å². The van der Waals surface area contributed by atoms with E-state index in [1.807, 2.05) is 0 Å². The summed E-state index contributed by atoms with van der Waals surface area (Å²) in [6.45, 7) is 0. The minimum absolute atomic E-state index is 0.558. The van der Waals surface area contributed by atoms with Crippen molar-refractivity contribution < 1.29 is 4.74 Å². The number of fused-ring (bicyclic) bond motifs is 13. The Bertz CT molecular complexity index is 1260. The van der Waals surface area contributed by atoms with Crippen molar-refractivity contribution in [3.8, 4) is 0 Å². The highest BCUT2D eigenvalue weighted by Gasteiger charge is 2.60. The van der Waals surface area contributed by atoms with Crippen LogP contribution >= 0.6 is 35.3 Å². The molecule has 0 bridgehead atoms. The average Bonchev–Trinajstić information content (AvgIpc) is 3.98. The fraction of sp³-hybridized carbons (Fsp3) is 1.00. The molecule has 4 aliphatic heterocycles. The van der Waals surface area contributed by atoms with E-state index >= 15 is 0 Å². The molecule has 53 heavy (non-hydrogen) atoms. The van der Waals surface area contributed by atoms with Gasteiger partial charge in [-0.25, -0.2) is 0 Å². The molecule has 0 spiro atoms. The summed E-state index contributed by atoms with van der Waals surface area (Å²) in [4.78, 5) is 3.40. The predicted octanol–water partition coefficient (Wildman–Crippen LogP) is 12.4. The molecule has 19 unspecified atom stereocenters. The zero-order chi connectivity index (χ0) is 34.6. The Hall–Kier alpha value is 0.970. The van der Waals surface area contributed by atoms with Crippen molar-refractivity contribution in [1.82, 2.24) is 4.90 Å². The number of ether oxygens (including phenoxy) is 1. The first-order valence-corrected chi connectivity index (χ1v) is 27.5. The lowest BCUT2D eigenvalue weighted by Gasteiger charge is -2.54. The zero-order valence-electron chi connectivity index (χ0n) is 33.3. The second-order valence-electron chi connectivity index (χ2n) is 21.8. The standard InChI is InChI=1S/C48H75NOS3/c1-4-19-40-31(10-1)33-14-8-17-38(45(33)50-40)49(39-18-9-16-34-32-11-2-5-20-41(32)52-47(34)39)29-24-22-28(23-25-29)30-13-7-15-35-36-26-27-43-44(48(36)53-46(30)35)37-12-3-6-21-42(37)51-43/h28-48H,1-27H2. The highest BCUT2D eigenvalue weighted by molar-refractivity contribution is 8.02. The molecule has 0 radical (unpaired) electrons. The summed E-state index contributed by atoms with van der Waals surface area (Å²) in [5.74, 6) is 10.3. The molecule has 4 heterocycles. The van der Waals surface area contributed by atoms with Gasteiger partial charge in [-0.1, -0.05) is 57.8 Å². The van der Waals surface area contributed by atoms with Crippen molar-refractivity contribution in [1.29, 1.82) is 0 Å². The van der Waals surface area contributed by atoms with Crippen LogP contribution in [-0.2, 0) is 4.74 Å². The minimum atomic E-state index is 0.558. The number of thioether (sulfide) groups is 3. The van der Waals surface area contributed by atoms with Crippen molar-refractivity contribution in [3.63, 3.8) is 0 Å². The summed E-state index contributed by atoms with van der Waals surface area (Å²) in [5.41, 5.74) is 0. The van der Waals surface area contributed by atoms with Crippen LogP contribution in [0.3, 0.4) is 0 Å². The van der Waals surface area contributed by atoms with Crippen LogP contribution in [0.2, 0.25) is 0 Å². The zero-order valence-corrected chi connectivity index (χ0v) is 35.7. The van der Waals surface area contributed by atoms with E-state index < -0.39 is 0 Å². The van der Waals surface area contributed by atoms with Crippen LogP contribution in [-0.4, -0.2) is 66.7 Å². The molecule has 0 amide bonds. The van der Waals surface area contributed by atoms with Gasteiger partial charge < -0.3 is 4.74 Å². The molecule has 0 aromatic heterocycles.